The number of nitrogens with two attached hydrogens (primary N) is 1. The number of carbonyl (C=O) groups is 1. The lowest BCUT2D eigenvalue weighted by Gasteiger charge is -2.06. The van der Waals surface area contributed by atoms with Gasteiger partial charge in [0.2, 0.25) is 5.91 Å². The number of nitrogen functional groups attached to an aromatic ring is 1. The number of halogens is 1. The monoisotopic (exact) mass is 242 g/mol. The van der Waals surface area contributed by atoms with Crippen LogP contribution in [0.1, 0.15) is 6.92 Å². The molecule has 0 aliphatic heterocycles. The van der Waals surface area contributed by atoms with E-state index in [4.69, 9.17) is 5.73 Å². The van der Waals surface area contributed by atoms with Gasteiger partial charge in [0.25, 0.3) is 0 Å². The zero-order chi connectivity index (χ0) is 9.84. The van der Waals surface area contributed by atoms with Crippen molar-refractivity contribution >= 4 is 33.2 Å². The van der Waals surface area contributed by atoms with Crippen LogP contribution >= 0.6 is 15.9 Å². The van der Waals surface area contributed by atoms with Crippen molar-refractivity contribution in [1.82, 2.24) is 0 Å². The zero-order valence-corrected chi connectivity index (χ0v) is 8.84. The average molecular weight is 243 g/mol. The highest BCUT2D eigenvalue weighted by atomic mass is 79.9. The molecule has 0 heterocycles. The average Bonchev–Trinajstić information content (AvgIpc) is 2.08. The summed E-state index contributed by atoms with van der Waals surface area (Å²) >= 11 is 3.17. The van der Waals surface area contributed by atoms with Gasteiger partial charge in [-0.15, -0.1) is 0 Å². The predicted octanol–water partition coefficient (Wildman–Crippen LogP) is 1.99. The van der Waals surface area contributed by atoms with Crippen molar-refractivity contribution in [3.05, 3.63) is 24.3 Å². The smallest absolute Gasteiger partial charge is 0.237 e. The Morgan fingerprint density at radius 3 is 2.46 bits per heavy atom. The van der Waals surface area contributed by atoms with Crippen LogP contribution in [0.25, 0.3) is 0 Å². The van der Waals surface area contributed by atoms with Crippen molar-refractivity contribution in [3.63, 3.8) is 0 Å². The van der Waals surface area contributed by atoms with E-state index in [1.165, 1.54) is 0 Å². The van der Waals surface area contributed by atoms with E-state index in [1.54, 1.807) is 31.2 Å². The van der Waals surface area contributed by atoms with Crippen LogP contribution in [0.3, 0.4) is 0 Å². The zero-order valence-electron chi connectivity index (χ0n) is 7.25. The second kappa shape index (κ2) is 4.28. The van der Waals surface area contributed by atoms with Gasteiger partial charge in [-0.2, -0.15) is 0 Å². The van der Waals surface area contributed by atoms with Crippen molar-refractivity contribution in [1.29, 1.82) is 0 Å². The highest BCUT2D eigenvalue weighted by Gasteiger charge is 2.07. The van der Waals surface area contributed by atoms with E-state index in [2.05, 4.69) is 21.2 Å². The maximum atomic E-state index is 11.2. The Morgan fingerprint density at radius 2 is 2.00 bits per heavy atom. The van der Waals surface area contributed by atoms with E-state index in [9.17, 15) is 4.79 Å². The first kappa shape index (κ1) is 10.1. The molecular formula is C9H11BrN2O. The molecule has 1 aromatic rings. The second-order valence-electron chi connectivity index (χ2n) is 2.73. The summed E-state index contributed by atoms with van der Waals surface area (Å²) in [6.07, 6.45) is 0. The van der Waals surface area contributed by atoms with E-state index in [0.29, 0.717) is 5.69 Å². The van der Waals surface area contributed by atoms with Gasteiger partial charge in [-0.05, 0) is 31.2 Å². The minimum atomic E-state index is -0.190. The molecule has 0 aliphatic rings. The molecule has 1 aromatic carbocycles. The number of hydrogen-bond acceptors (Lipinski definition) is 2. The van der Waals surface area contributed by atoms with Crippen molar-refractivity contribution in [2.45, 2.75) is 11.8 Å². The summed E-state index contributed by atoms with van der Waals surface area (Å²) in [5.41, 5.74) is 6.94. The molecule has 0 saturated heterocycles. The van der Waals surface area contributed by atoms with E-state index in [-0.39, 0.29) is 10.7 Å². The second-order valence-corrected chi connectivity index (χ2v) is 4.10. The van der Waals surface area contributed by atoms with Crippen LogP contribution in [0.15, 0.2) is 24.3 Å². The number of nitrogens with one attached hydrogen (secondary N) is 1. The summed E-state index contributed by atoms with van der Waals surface area (Å²) in [7, 11) is 0. The Labute approximate surface area is 85.4 Å². The number of rotatable bonds is 2. The molecule has 0 bridgehead atoms. The molecule has 0 aliphatic carbocycles. The molecule has 1 amide bonds. The molecule has 0 spiro atoms. The fraction of sp³-hybridized carbons (Fsp3) is 0.222. The van der Waals surface area contributed by atoms with Crippen molar-refractivity contribution in [3.8, 4) is 0 Å². The number of amides is 1. The molecule has 3 nitrogen and oxygen atoms in total. The van der Waals surface area contributed by atoms with Crippen molar-refractivity contribution < 1.29 is 4.79 Å². The fourth-order valence-corrected chi connectivity index (χ4v) is 0.923. The minimum Gasteiger partial charge on any atom is -0.399 e. The van der Waals surface area contributed by atoms with Crippen molar-refractivity contribution in [2.24, 2.45) is 0 Å². The summed E-state index contributed by atoms with van der Waals surface area (Å²) in [6, 6.07) is 7.02. The van der Waals surface area contributed by atoms with Crippen LogP contribution in [0.5, 0.6) is 0 Å². The maximum absolute atomic E-state index is 11.2. The standard InChI is InChI=1S/C9H11BrN2O/c1-6(10)9(13)12-8-4-2-7(11)3-5-8/h2-6H,11H2,1H3,(H,12,13)/t6-/m1/s1. The van der Waals surface area contributed by atoms with Crippen LogP contribution in [-0.4, -0.2) is 10.7 Å². The first-order valence-corrected chi connectivity index (χ1v) is 4.81. The Morgan fingerprint density at radius 1 is 1.46 bits per heavy atom. The van der Waals surface area contributed by atoms with Gasteiger partial charge in [0, 0.05) is 11.4 Å². The van der Waals surface area contributed by atoms with Gasteiger partial charge in [-0.1, -0.05) is 15.9 Å². The maximum Gasteiger partial charge on any atom is 0.237 e. The molecule has 70 valence electrons. The van der Waals surface area contributed by atoms with Crippen LogP contribution in [0, 0.1) is 0 Å². The van der Waals surface area contributed by atoms with Crippen LogP contribution < -0.4 is 11.1 Å². The highest BCUT2D eigenvalue weighted by Crippen LogP contribution is 2.11. The molecule has 0 fully saturated rings. The number of benzene rings is 1. The first-order valence-electron chi connectivity index (χ1n) is 3.90. The van der Waals surface area contributed by atoms with Crippen LogP contribution in [0.4, 0.5) is 11.4 Å². The summed E-state index contributed by atoms with van der Waals surface area (Å²) in [5, 5.41) is 2.73. The van der Waals surface area contributed by atoms with Crippen molar-refractivity contribution in [2.75, 3.05) is 11.1 Å². The normalized spacial score (nSPS) is 12.2. The largest absolute Gasteiger partial charge is 0.399 e. The molecule has 1 rings (SSSR count). The lowest BCUT2D eigenvalue weighted by Crippen LogP contribution is -2.19. The molecule has 13 heavy (non-hydrogen) atoms. The Bertz CT molecular complexity index is 295. The molecule has 0 unspecified atom stereocenters. The van der Waals surface area contributed by atoms with Gasteiger partial charge in [-0.25, -0.2) is 0 Å². The molecule has 0 saturated carbocycles. The number of anilines is 2. The van der Waals surface area contributed by atoms with E-state index in [0.717, 1.165) is 5.69 Å². The van der Waals surface area contributed by atoms with E-state index in [1.807, 2.05) is 0 Å². The lowest BCUT2D eigenvalue weighted by atomic mass is 10.3. The van der Waals surface area contributed by atoms with Crippen LogP contribution in [-0.2, 0) is 4.79 Å². The third-order valence-corrected chi connectivity index (χ3v) is 1.96. The van der Waals surface area contributed by atoms with Gasteiger partial charge in [0.15, 0.2) is 0 Å². The molecular weight excluding hydrogens is 232 g/mol. The topological polar surface area (TPSA) is 55.1 Å². The Balaban J connectivity index is 2.65. The minimum absolute atomic E-state index is 0.0650. The highest BCUT2D eigenvalue weighted by molar-refractivity contribution is 9.10. The molecule has 0 radical (unpaired) electrons. The van der Waals surface area contributed by atoms with Crippen LogP contribution in [0.2, 0.25) is 0 Å². The Kier molecular flexibility index (Phi) is 3.31. The summed E-state index contributed by atoms with van der Waals surface area (Å²) in [5.74, 6) is -0.0650. The van der Waals surface area contributed by atoms with Gasteiger partial charge < -0.3 is 11.1 Å². The van der Waals surface area contributed by atoms with E-state index < -0.39 is 0 Å². The Hall–Kier alpha value is -1.03. The predicted molar refractivity (Wildman–Crippen MR) is 57.9 cm³/mol. The first-order chi connectivity index (χ1) is 6.09. The van der Waals surface area contributed by atoms with Gasteiger partial charge in [-0.3, -0.25) is 4.79 Å². The molecule has 4 heteroatoms. The summed E-state index contributed by atoms with van der Waals surface area (Å²) < 4.78 is 0. The number of alkyl halides is 1. The van der Waals surface area contributed by atoms with Gasteiger partial charge in [0.05, 0.1) is 4.83 Å². The lowest BCUT2D eigenvalue weighted by molar-refractivity contribution is -0.115. The number of hydrogen-bond donors (Lipinski definition) is 2. The third-order valence-electron chi connectivity index (χ3n) is 1.54. The molecule has 1 atom stereocenters. The van der Waals surface area contributed by atoms with Gasteiger partial charge in [0.1, 0.15) is 0 Å². The molecule has 3 N–H and O–H groups in total. The third kappa shape index (κ3) is 3.06. The summed E-state index contributed by atoms with van der Waals surface area (Å²) in [4.78, 5) is 11.0. The van der Waals surface area contributed by atoms with Gasteiger partial charge >= 0.3 is 0 Å². The summed E-state index contributed by atoms with van der Waals surface area (Å²) in [6.45, 7) is 1.77. The SMILES string of the molecule is C[C@@H](Br)C(=O)Nc1ccc(N)cc1. The quantitative estimate of drug-likeness (QED) is 0.616. The van der Waals surface area contributed by atoms with E-state index >= 15 is 0 Å². The fourth-order valence-electron chi connectivity index (χ4n) is 0.808. The molecule has 0 aromatic heterocycles. The number of carbonyl (C=O) groups excluding carboxylic acids is 1.